The van der Waals surface area contributed by atoms with E-state index in [1.54, 1.807) is 11.2 Å². The van der Waals surface area contributed by atoms with E-state index in [1.165, 1.54) is 0 Å². The van der Waals surface area contributed by atoms with E-state index in [0.717, 1.165) is 11.4 Å². The standard InChI is InChI=1S/C15H18N4O/c1-15(2,3)11-7-8-13(20)12(10-11)19-17-16-14-6-4-5-9-18(14)19/h4-10,17,20H,1-3H3. The van der Waals surface area contributed by atoms with Crippen LogP contribution in [0.5, 0.6) is 5.75 Å². The number of allylic oxidation sites excluding steroid dienone is 2. The van der Waals surface area contributed by atoms with Crippen molar-refractivity contribution in [1.29, 1.82) is 0 Å². The monoisotopic (exact) mass is 270 g/mol. The second-order valence-corrected chi connectivity index (χ2v) is 5.88. The van der Waals surface area contributed by atoms with Gasteiger partial charge in [-0.1, -0.05) is 32.9 Å². The number of fused-ring (bicyclic) bond motifs is 1. The molecule has 5 heteroatoms. The van der Waals surface area contributed by atoms with Gasteiger partial charge in [0.05, 0.1) is 0 Å². The molecule has 0 amide bonds. The van der Waals surface area contributed by atoms with Crippen LogP contribution in [0.2, 0.25) is 0 Å². The molecule has 0 fully saturated rings. The largest absolute Gasteiger partial charge is 0.506 e. The van der Waals surface area contributed by atoms with E-state index < -0.39 is 0 Å². The van der Waals surface area contributed by atoms with Crippen LogP contribution in [0.4, 0.5) is 5.69 Å². The molecular formula is C15H18N4O. The average molecular weight is 270 g/mol. The van der Waals surface area contributed by atoms with Crippen LogP contribution >= 0.6 is 0 Å². The van der Waals surface area contributed by atoms with Crippen molar-refractivity contribution >= 4 is 11.5 Å². The number of anilines is 1. The molecule has 1 aromatic rings. The second-order valence-electron chi connectivity index (χ2n) is 5.88. The summed E-state index contributed by atoms with van der Waals surface area (Å²) < 4.78 is 0. The van der Waals surface area contributed by atoms with E-state index in [4.69, 9.17) is 0 Å². The predicted molar refractivity (Wildman–Crippen MR) is 80.0 cm³/mol. The number of nitrogens with one attached hydrogen (secondary N) is 1. The minimum atomic E-state index is 0.0174. The number of hydrogen-bond donors (Lipinski definition) is 2. The van der Waals surface area contributed by atoms with Crippen LogP contribution in [0.3, 0.4) is 0 Å². The van der Waals surface area contributed by atoms with Gasteiger partial charge in [0, 0.05) is 6.20 Å². The Hall–Kier alpha value is -2.43. The summed E-state index contributed by atoms with van der Waals surface area (Å²) >= 11 is 0. The van der Waals surface area contributed by atoms with E-state index in [9.17, 15) is 5.11 Å². The van der Waals surface area contributed by atoms with Crippen molar-refractivity contribution in [2.75, 3.05) is 5.12 Å². The van der Waals surface area contributed by atoms with Gasteiger partial charge in [-0.15, -0.1) is 5.10 Å². The summed E-state index contributed by atoms with van der Waals surface area (Å²) in [5.41, 5.74) is 4.76. The third-order valence-corrected chi connectivity index (χ3v) is 3.36. The number of phenols is 1. The first-order valence-corrected chi connectivity index (χ1v) is 6.58. The predicted octanol–water partition coefficient (Wildman–Crippen LogP) is 2.63. The van der Waals surface area contributed by atoms with E-state index in [1.807, 2.05) is 41.6 Å². The highest BCUT2D eigenvalue weighted by atomic mass is 16.3. The first-order valence-electron chi connectivity index (χ1n) is 6.58. The van der Waals surface area contributed by atoms with Crippen molar-refractivity contribution in [2.24, 2.45) is 5.10 Å². The number of nitrogens with zero attached hydrogens (tertiary/aromatic N) is 3. The highest BCUT2D eigenvalue weighted by Crippen LogP contribution is 2.34. The fourth-order valence-electron chi connectivity index (χ4n) is 2.16. The molecule has 0 unspecified atom stereocenters. The van der Waals surface area contributed by atoms with Gasteiger partial charge >= 0.3 is 0 Å². The molecule has 0 bridgehead atoms. The Morgan fingerprint density at radius 1 is 1.20 bits per heavy atom. The van der Waals surface area contributed by atoms with Crippen molar-refractivity contribution in [3.63, 3.8) is 0 Å². The first kappa shape index (κ1) is 12.6. The smallest absolute Gasteiger partial charge is 0.174 e. The van der Waals surface area contributed by atoms with Crippen LogP contribution in [-0.4, -0.2) is 16.0 Å². The summed E-state index contributed by atoms with van der Waals surface area (Å²) in [6.45, 7) is 6.43. The lowest BCUT2D eigenvalue weighted by Gasteiger charge is -2.29. The van der Waals surface area contributed by atoms with Gasteiger partial charge in [-0.25, -0.2) is 5.01 Å². The van der Waals surface area contributed by atoms with Crippen molar-refractivity contribution in [1.82, 2.24) is 10.5 Å². The van der Waals surface area contributed by atoms with Crippen LogP contribution in [0.15, 0.2) is 47.7 Å². The summed E-state index contributed by atoms with van der Waals surface area (Å²) in [5.74, 6) is 0.998. The van der Waals surface area contributed by atoms with E-state index in [2.05, 4.69) is 31.4 Å². The molecule has 1 aromatic carbocycles. The molecule has 0 spiro atoms. The fraction of sp³-hybridized carbons (Fsp3) is 0.267. The number of phenolic OH excluding ortho intramolecular Hbond substituents is 1. The Morgan fingerprint density at radius 2 is 2.00 bits per heavy atom. The van der Waals surface area contributed by atoms with E-state index in [0.29, 0.717) is 5.69 Å². The Bertz CT molecular complexity index is 625. The molecular weight excluding hydrogens is 252 g/mol. The van der Waals surface area contributed by atoms with Crippen LogP contribution in [0.25, 0.3) is 0 Å². The van der Waals surface area contributed by atoms with Crippen molar-refractivity contribution in [2.45, 2.75) is 26.2 Å². The molecule has 3 rings (SSSR count). The van der Waals surface area contributed by atoms with Gasteiger partial charge in [-0.05, 0) is 35.3 Å². The minimum Gasteiger partial charge on any atom is -0.506 e. The van der Waals surface area contributed by atoms with Crippen LogP contribution in [-0.2, 0) is 5.41 Å². The van der Waals surface area contributed by atoms with E-state index >= 15 is 0 Å². The van der Waals surface area contributed by atoms with Crippen molar-refractivity contribution in [3.05, 3.63) is 48.2 Å². The van der Waals surface area contributed by atoms with Gasteiger partial charge in [0.15, 0.2) is 5.84 Å². The van der Waals surface area contributed by atoms with Gasteiger partial charge < -0.3 is 5.11 Å². The molecule has 104 valence electrons. The molecule has 20 heavy (non-hydrogen) atoms. The third-order valence-electron chi connectivity index (χ3n) is 3.36. The lowest BCUT2D eigenvalue weighted by molar-refractivity contribution is 0.439. The van der Waals surface area contributed by atoms with Gasteiger partial charge in [-0.2, -0.15) is 10.7 Å². The normalized spacial score (nSPS) is 17.1. The SMILES string of the molecule is CC(C)(C)c1ccc(O)c(N2NN=C3C=CC=CN32)c1. The zero-order valence-corrected chi connectivity index (χ0v) is 11.8. The molecule has 0 radical (unpaired) electrons. The maximum Gasteiger partial charge on any atom is 0.174 e. The van der Waals surface area contributed by atoms with Gasteiger partial charge in [0.2, 0.25) is 0 Å². The third kappa shape index (κ3) is 2.01. The molecule has 0 atom stereocenters. The quantitative estimate of drug-likeness (QED) is 0.823. The summed E-state index contributed by atoms with van der Waals surface area (Å²) in [4.78, 5) is 0. The Balaban J connectivity index is 1.99. The summed E-state index contributed by atoms with van der Waals surface area (Å²) in [5, 5.41) is 17.9. The molecule has 5 nitrogen and oxygen atoms in total. The zero-order valence-electron chi connectivity index (χ0n) is 11.8. The highest BCUT2D eigenvalue weighted by molar-refractivity contribution is 5.97. The Kier molecular flexibility index (Phi) is 2.71. The summed E-state index contributed by atoms with van der Waals surface area (Å²) in [7, 11) is 0. The number of rotatable bonds is 1. The summed E-state index contributed by atoms with van der Waals surface area (Å²) in [6, 6.07) is 5.65. The van der Waals surface area contributed by atoms with Crippen LogP contribution in [0, 0.1) is 0 Å². The fourth-order valence-corrected chi connectivity index (χ4v) is 2.16. The maximum absolute atomic E-state index is 10.2. The average Bonchev–Trinajstić information content (AvgIpc) is 2.82. The number of hydrazine groups is 2. The molecule has 2 aliphatic rings. The lowest BCUT2D eigenvalue weighted by atomic mass is 9.87. The maximum atomic E-state index is 10.2. The Labute approximate surface area is 118 Å². The Morgan fingerprint density at radius 3 is 2.75 bits per heavy atom. The number of benzene rings is 1. The van der Waals surface area contributed by atoms with E-state index in [-0.39, 0.29) is 11.2 Å². The molecule has 0 saturated carbocycles. The molecule has 0 saturated heterocycles. The molecule has 2 N–H and O–H groups in total. The zero-order chi connectivity index (χ0) is 14.3. The topological polar surface area (TPSA) is 51.1 Å². The van der Waals surface area contributed by atoms with Crippen molar-refractivity contribution < 1.29 is 5.11 Å². The number of hydrogen-bond acceptors (Lipinski definition) is 5. The van der Waals surface area contributed by atoms with Gasteiger partial charge in [-0.3, -0.25) is 0 Å². The highest BCUT2D eigenvalue weighted by Gasteiger charge is 2.27. The first-order chi connectivity index (χ1) is 9.47. The minimum absolute atomic E-state index is 0.0174. The molecule has 0 aromatic heterocycles. The van der Waals surface area contributed by atoms with Gasteiger partial charge in [0.1, 0.15) is 11.4 Å². The molecule has 2 heterocycles. The summed E-state index contributed by atoms with van der Waals surface area (Å²) in [6.07, 6.45) is 7.63. The number of aromatic hydroxyl groups is 1. The lowest BCUT2D eigenvalue weighted by Crippen LogP contribution is -2.42. The van der Waals surface area contributed by atoms with Crippen LogP contribution < -0.4 is 10.7 Å². The second kappa shape index (κ2) is 4.30. The van der Waals surface area contributed by atoms with Gasteiger partial charge in [0.25, 0.3) is 0 Å². The van der Waals surface area contributed by atoms with Crippen LogP contribution in [0.1, 0.15) is 26.3 Å². The number of amidine groups is 1. The molecule has 2 aliphatic heterocycles. The molecule has 0 aliphatic carbocycles. The number of hydrazone groups is 1. The van der Waals surface area contributed by atoms with Crippen molar-refractivity contribution in [3.8, 4) is 5.75 Å².